The smallest absolute Gasteiger partial charge is 0.124 e. The van der Waals surface area contributed by atoms with Crippen LogP contribution in [-0.2, 0) is 6.54 Å². The van der Waals surface area contributed by atoms with Crippen LogP contribution in [0.3, 0.4) is 0 Å². The van der Waals surface area contributed by atoms with Crippen molar-refractivity contribution in [3.63, 3.8) is 0 Å². The van der Waals surface area contributed by atoms with E-state index in [4.69, 9.17) is 11.6 Å². The number of halogens is 2. The summed E-state index contributed by atoms with van der Waals surface area (Å²) in [6.45, 7) is 0.810. The second-order valence-electron chi connectivity index (χ2n) is 4.86. The molecule has 98 valence electrons. The third kappa shape index (κ3) is 3.11. The van der Waals surface area contributed by atoms with Gasteiger partial charge in [0.2, 0.25) is 0 Å². The van der Waals surface area contributed by atoms with Crippen LogP contribution < -0.4 is 5.32 Å². The van der Waals surface area contributed by atoms with E-state index < -0.39 is 0 Å². The number of pyridine rings is 1. The van der Waals surface area contributed by atoms with Crippen molar-refractivity contribution in [1.29, 1.82) is 0 Å². The largest absolute Gasteiger partial charge is 0.310 e. The minimum atomic E-state index is -0.326. The first-order chi connectivity index (χ1) is 9.22. The normalized spacial score (nSPS) is 14.6. The van der Waals surface area contributed by atoms with Gasteiger partial charge in [-0.3, -0.25) is 4.98 Å². The molecule has 1 aromatic heterocycles. The summed E-state index contributed by atoms with van der Waals surface area (Å²) in [7, 11) is 0. The van der Waals surface area contributed by atoms with Crippen molar-refractivity contribution in [3.8, 4) is 11.1 Å². The maximum atomic E-state index is 13.0. The molecular weight excluding hydrogens is 263 g/mol. The highest BCUT2D eigenvalue weighted by molar-refractivity contribution is 6.33. The third-order valence-electron chi connectivity index (χ3n) is 3.21. The molecule has 0 spiro atoms. The predicted octanol–water partition coefficient (Wildman–Crippen LogP) is 3.79. The molecule has 1 fully saturated rings. The zero-order valence-electron chi connectivity index (χ0n) is 10.4. The fourth-order valence-electron chi connectivity index (χ4n) is 2.00. The number of aromatic nitrogens is 1. The van der Waals surface area contributed by atoms with Crippen LogP contribution in [0.25, 0.3) is 11.1 Å². The molecule has 2 aromatic rings. The van der Waals surface area contributed by atoms with E-state index in [9.17, 15) is 4.39 Å². The minimum absolute atomic E-state index is 0.326. The molecule has 0 radical (unpaired) electrons. The summed E-state index contributed by atoms with van der Waals surface area (Å²) in [4.78, 5) is 4.23. The van der Waals surface area contributed by atoms with Crippen LogP contribution in [0, 0.1) is 5.82 Å². The maximum Gasteiger partial charge on any atom is 0.124 e. The SMILES string of the molecule is Fc1ccc(-c2cncc(CNC3CC3)c2)c(Cl)c1. The Balaban J connectivity index is 1.84. The highest BCUT2D eigenvalue weighted by atomic mass is 35.5. The van der Waals surface area contributed by atoms with Gasteiger partial charge in [-0.1, -0.05) is 11.6 Å². The molecule has 1 aliphatic rings. The first-order valence-electron chi connectivity index (χ1n) is 6.35. The lowest BCUT2D eigenvalue weighted by atomic mass is 10.1. The summed E-state index contributed by atoms with van der Waals surface area (Å²) in [5.74, 6) is -0.326. The molecule has 2 nitrogen and oxygen atoms in total. The zero-order chi connectivity index (χ0) is 13.2. The maximum absolute atomic E-state index is 13.0. The van der Waals surface area contributed by atoms with Crippen LogP contribution in [-0.4, -0.2) is 11.0 Å². The summed E-state index contributed by atoms with van der Waals surface area (Å²) < 4.78 is 13.0. The first-order valence-corrected chi connectivity index (χ1v) is 6.73. The molecule has 1 aliphatic carbocycles. The number of benzene rings is 1. The van der Waals surface area contributed by atoms with Crippen molar-refractivity contribution in [2.45, 2.75) is 25.4 Å². The van der Waals surface area contributed by atoms with Gasteiger partial charge < -0.3 is 5.32 Å². The Kier molecular flexibility index (Phi) is 3.49. The minimum Gasteiger partial charge on any atom is -0.310 e. The Bertz CT molecular complexity index is 596. The lowest BCUT2D eigenvalue weighted by molar-refractivity contribution is 0.628. The van der Waals surface area contributed by atoms with E-state index in [1.54, 1.807) is 12.3 Å². The molecule has 0 saturated heterocycles. The van der Waals surface area contributed by atoms with Gasteiger partial charge in [0.15, 0.2) is 0 Å². The fourth-order valence-corrected chi connectivity index (χ4v) is 2.28. The summed E-state index contributed by atoms with van der Waals surface area (Å²) in [6, 6.07) is 7.13. The van der Waals surface area contributed by atoms with Crippen molar-refractivity contribution < 1.29 is 4.39 Å². The average molecular weight is 277 g/mol. The standard InChI is InChI=1S/C15H14ClFN2/c16-15-6-12(17)1-4-14(15)11-5-10(7-18-9-11)8-19-13-2-3-13/h1,4-7,9,13,19H,2-3,8H2. The Labute approximate surface area is 116 Å². The monoisotopic (exact) mass is 276 g/mol. The summed E-state index contributed by atoms with van der Waals surface area (Å²) in [5, 5.41) is 3.85. The van der Waals surface area contributed by atoms with Crippen molar-refractivity contribution >= 4 is 11.6 Å². The number of nitrogens with zero attached hydrogens (tertiary/aromatic N) is 1. The lowest BCUT2D eigenvalue weighted by Crippen LogP contribution is -2.15. The van der Waals surface area contributed by atoms with E-state index in [1.807, 2.05) is 12.3 Å². The molecular formula is C15H14ClFN2. The van der Waals surface area contributed by atoms with Gasteiger partial charge in [0.05, 0.1) is 5.02 Å². The molecule has 1 saturated carbocycles. The average Bonchev–Trinajstić information content (AvgIpc) is 3.21. The van der Waals surface area contributed by atoms with Gasteiger partial charge in [-0.25, -0.2) is 4.39 Å². The van der Waals surface area contributed by atoms with Crippen LogP contribution in [0.15, 0.2) is 36.7 Å². The van der Waals surface area contributed by atoms with Crippen LogP contribution in [0.2, 0.25) is 5.02 Å². The van der Waals surface area contributed by atoms with Crippen molar-refractivity contribution in [1.82, 2.24) is 10.3 Å². The van der Waals surface area contributed by atoms with Crippen LogP contribution in [0.4, 0.5) is 4.39 Å². The summed E-state index contributed by atoms with van der Waals surface area (Å²) in [5.41, 5.74) is 2.84. The van der Waals surface area contributed by atoms with Gasteiger partial charge in [-0.05, 0) is 42.7 Å². The van der Waals surface area contributed by atoms with E-state index in [0.29, 0.717) is 11.1 Å². The van der Waals surface area contributed by atoms with Gasteiger partial charge in [0, 0.05) is 36.1 Å². The molecule has 0 aliphatic heterocycles. The molecule has 4 heteroatoms. The predicted molar refractivity (Wildman–Crippen MR) is 74.5 cm³/mol. The Morgan fingerprint density at radius 3 is 2.84 bits per heavy atom. The second-order valence-corrected chi connectivity index (χ2v) is 5.27. The number of rotatable bonds is 4. The number of nitrogens with one attached hydrogen (secondary N) is 1. The highest BCUT2D eigenvalue weighted by Gasteiger charge is 2.20. The Morgan fingerprint density at radius 1 is 1.26 bits per heavy atom. The van der Waals surface area contributed by atoms with Gasteiger partial charge in [-0.15, -0.1) is 0 Å². The summed E-state index contributed by atoms with van der Waals surface area (Å²) >= 11 is 6.07. The van der Waals surface area contributed by atoms with Crippen LogP contribution in [0.5, 0.6) is 0 Å². The Hall–Kier alpha value is -1.45. The molecule has 0 atom stereocenters. The van der Waals surface area contributed by atoms with Gasteiger partial charge in [0.25, 0.3) is 0 Å². The van der Waals surface area contributed by atoms with Crippen molar-refractivity contribution in [2.75, 3.05) is 0 Å². The molecule has 0 bridgehead atoms. The summed E-state index contributed by atoms with van der Waals surface area (Å²) in [6.07, 6.45) is 6.11. The highest BCUT2D eigenvalue weighted by Crippen LogP contribution is 2.28. The lowest BCUT2D eigenvalue weighted by Gasteiger charge is -2.07. The number of hydrogen-bond donors (Lipinski definition) is 1. The molecule has 3 rings (SSSR count). The van der Waals surface area contributed by atoms with Gasteiger partial charge >= 0.3 is 0 Å². The van der Waals surface area contributed by atoms with Crippen LogP contribution in [0.1, 0.15) is 18.4 Å². The van der Waals surface area contributed by atoms with Crippen molar-refractivity contribution in [2.24, 2.45) is 0 Å². The molecule has 1 N–H and O–H groups in total. The molecule has 1 heterocycles. The van der Waals surface area contributed by atoms with E-state index in [0.717, 1.165) is 23.2 Å². The quantitative estimate of drug-likeness (QED) is 0.919. The first kappa shape index (κ1) is 12.6. The molecule has 1 aromatic carbocycles. The topological polar surface area (TPSA) is 24.9 Å². The molecule has 19 heavy (non-hydrogen) atoms. The molecule has 0 unspecified atom stereocenters. The van der Waals surface area contributed by atoms with Gasteiger partial charge in [-0.2, -0.15) is 0 Å². The van der Waals surface area contributed by atoms with Crippen molar-refractivity contribution in [3.05, 3.63) is 53.1 Å². The van der Waals surface area contributed by atoms with E-state index in [1.165, 1.54) is 25.0 Å². The third-order valence-corrected chi connectivity index (χ3v) is 3.52. The van der Waals surface area contributed by atoms with Gasteiger partial charge in [0.1, 0.15) is 5.82 Å². The number of hydrogen-bond acceptors (Lipinski definition) is 2. The van der Waals surface area contributed by atoms with E-state index >= 15 is 0 Å². The van der Waals surface area contributed by atoms with E-state index in [-0.39, 0.29) is 5.82 Å². The van der Waals surface area contributed by atoms with E-state index in [2.05, 4.69) is 10.3 Å². The fraction of sp³-hybridized carbons (Fsp3) is 0.267. The zero-order valence-corrected chi connectivity index (χ0v) is 11.1. The second kappa shape index (κ2) is 5.27. The molecule has 0 amide bonds. The Morgan fingerprint density at radius 2 is 2.11 bits per heavy atom. The van der Waals surface area contributed by atoms with Crippen LogP contribution >= 0.6 is 11.6 Å².